The van der Waals surface area contributed by atoms with Crippen LogP contribution >= 0.6 is 22.6 Å². The molecular weight excluding hydrogens is 263 g/mol. The Morgan fingerprint density at radius 3 is 2.75 bits per heavy atom. The smallest absolute Gasteiger partial charge is 0.0434 e. The molecule has 1 N–H and O–H groups in total. The Morgan fingerprint density at radius 1 is 1.42 bits per heavy atom. The summed E-state index contributed by atoms with van der Waals surface area (Å²) in [5.74, 6) is 0. The van der Waals surface area contributed by atoms with Gasteiger partial charge in [0.1, 0.15) is 0 Å². The minimum atomic E-state index is 0.282. The maximum Gasteiger partial charge on any atom is 0.0434 e. The van der Waals surface area contributed by atoms with Crippen LogP contribution < -0.4 is 0 Å². The van der Waals surface area contributed by atoms with Gasteiger partial charge in [0, 0.05) is 10.2 Å². The molecule has 0 heterocycles. The van der Waals surface area contributed by atoms with Crippen LogP contribution in [0.25, 0.3) is 0 Å². The van der Waals surface area contributed by atoms with Crippen LogP contribution in [-0.2, 0) is 6.42 Å². The van der Waals surface area contributed by atoms with Crippen molar-refractivity contribution in [2.75, 3.05) is 6.61 Å². The van der Waals surface area contributed by atoms with Crippen LogP contribution in [0.15, 0.2) is 18.2 Å². The minimum Gasteiger partial charge on any atom is -0.396 e. The maximum absolute atomic E-state index is 8.65. The molecule has 12 heavy (non-hydrogen) atoms. The van der Waals surface area contributed by atoms with E-state index < -0.39 is 0 Å². The van der Waals surface area contributed by atoms with E-state index in [4.69, 9.17) is 5.11 Å². The van der Waals surface area contributed by atoms with Gasteiger partial charge in [-0.3, -0.25) is 0 Å². The summed E-state index contributed by atoms with van der Waals surface area (Å²) >= 11 is 2.34. The molecule has 0 amide bonds. The standard InChI is InChI=1S/C10H13IO/c1-8-4-5-9(3-2-6-12)7-10(8)11/h4-5,7,12H,2-3,6H2,1H3. The lowest BCUT2D eigenvalue weighted by Gasteiger charge is -2.02. The third-order valence-electron chi connectivity index (χ3n) is 1.86. The van der Waals surface area contributed by atoms with Gasteiger partial charge < -0.3 is 5.11 Å². The second kappa shape index (κ2) is 4.82. The number of benzene rings is 1. The van der Waals surface area contributed by atoms with Crippen LogP contribution in [0.5, 0.6) is 0 Å². The summed E-state index contributed by atoms with van der Waals surface area (Å²) in [5, 5.41) is 8.65. The highest BCUT2D eigenvalue weighted by atomic mass is 127. The Kier molecular flexibility index (Phi) is 4.01. The Hall–Kier alpha value is -0.0900. The Morgan fingerprint density at radius 2 is 2.17 bits per heavy atom. The van der Waals surface area contributed by atoms with Gasteiger partial charge in [0.2, 0.25) is 0 Å². The molecule has 1 rings (SSSR count). The van der Waals surface area contributed by atoms with E-state index in [0.717, 1.165) is 12.8 Å². The first-order chi connectivity index (χ1) is 5.74. The average Bonchev–Trinajstić information content (AvgIpc) is 2.07. The topological polar surface area (TPSA) is 20.2 Å². The molecule has 0 unspecified atom stereocenters. The van der Waals surface area contributed by atoms with Crippen molar-refractivity contribution in [3.05, 3.63) is 32.9 Å². The van der Waals surface area contributed by atoms with E-state index in [0.29, 0.717) is 0 Å². The van der Waals surface area contributed by atoms with Crippen molar-refractivity contribution < 1.29 is 5.11 Å². The molecule has 0 aromatic heterocycles. The predicted octanol–water partition coefficient (Wildman–Crippen LogP) is 2.52. The van der Waals surface area contributed by atoms with Gasteiger partial charge >= 0.3 is 0 Å². The molecule has 0 atom stereocenters. The molecule has 0 bridgehead atoms. The van der Waals surface area contributed by atoms with E-state index in [1.54, 1.807) is 0 Å². The molecule has 66 valence electrons. The highest BCUT2D eigenvalue weighted by molar-refractivity contribution is 14.1. The van der Waals surface area contributed by atoms with Crippen LogP contribution in [-0.4, -0.2) is 11.7 Å². The molecule has 0 radical (unpaired) electrons. The Labute approximate surface area is 86.9 Å². The zero-order valence-electron chi connectivity index (χ0n) is 7.18. The van der Waals surface area contributed by atoms with Gasteiger partial charge in [-0.25, -0.2) is 0 Å². The molecule has 0 saturated heterocycles. The zero-order chi connectivity index (χ0) is 8.97. The van der Waals surface area contributed by atoms with Crippen LogP contribution in [0.1, 0.15) is 17.5 Å². The lowest BCUT2D eigenvalue weighted by molar-refractivity contribution is 0.288. The molecule has 0 aliphatic carbocycles. The van der Waals surface area contributed by atoms with Gasteiger partial charge in [0.25, 0.3) is 0 Å². The molecule has 1 aromatic carbocycles. The van der Waals surface area contributed by atoms with Crippen molar-refractivity contribution in [1.29, 1.82) is 0 Å². The number of hydrogen-bond acceptors (Lipinski definition) is 1. The van der Waals surface area contributed by atoms with Crippen molar-refractivity contribution in [2.45, 2.75) is 19.8 Å². The van der Waals surface area contributed by atoms with Crippen molar-refractivity contribution in [2.24, 2.45) is 0 Å². The third-order valence-corrected chi connectivity index (χ3v) is 3.02. The van der Waals surface area contributed by atoms with Gasteiger partial charge in [-0.15, -0.1) is 0 Å². The van der Waals surface area contributed by atoms with Crippen LogP contribution in [0.3, 0.4) is 0 Å². The second-order valence-corrected chi connectivity index (χ2v) is 4.07. The van der Waals surface area contributed by atoms with Gasteiger partial charge in [0.05, 0.1) is 0 Å². The third kappa shape index (κ3) is 2.75. The molecule has 0 fully saturated rings. The summed E-state index contributed by atoms with van der Waals surface area (Å²) in [7, 11) is 0. The van der Waals surface area contributed by atoms with Crippen LogP contribution in [0, 0.1) is 10.5 Å². The summed E-state index contributed by atoms with van der Waals surface area (Å²) in [6.07, 6.45) is 1.84. The van der Waals surface area contributed by atoms with Gasteiger partial charge in [-0.2, -0.15) is 0 Å². The number of halogens is 1. The first-order valence-electron chi connectivity index (χ1n) is 4.10. The monoisotopic (exact) mass is 276 g/mol. The molecule has 1 nitrogen and oxygen atoms in total. The molecule has 0 saturated carbocycles. The summed E-state index contributed by atoms with van der Waals surface area (Å²) in [5.41, 5.74) is 2.64. The Bertz CT molecular complexity index is 258. The van der Waals surface area contributed by atoms with E-state index in [-0.39, 0.29) is 6.61 Å². The summed E-state index contributed by atoms with van der Waals surface area (Å²) in [6, 6.07) is 6.45. The number of aliphatic hydroxyl groups is 1. The van der Waals surface area contributed by atoms with Crippen LogP contribution in [0.4, 0.5) is 0 Å². The predicted molar refractivity (Wildman–Crippen MR) is 59.3 cm³/mol. The maximum atomic E-state index is 8.65. The van der Waals surface area contributed by atoms with E-state index in [9.17, 15) is 0 Å². The van der Waals surface area contributed by atoms with Crippen molar-refractivity contribution in [3.8, 4) is 0 Å². The largest absolute Gasteiger partial charge is 0.396 e. The Balaban J connectivity index is 2.69. The fraction of sp³-hybridized carbons (Fsp3) is 0.400. The minimum absolute atomic E-state index is 0.282. The summed E-state index contributed by atoms with van der Waals surface area (Å²) in [6.45, 7) is 2.39. The van der Waals surface area contributed by atoms with E-state index >= 15 is 0 Å². The number of rotatable bonds is 3. The number of aryl methyl sites for hydroxylation is 2. The molecular formula is C10H13IO. The normalized spacial score (nSPS) is 10.2. The lowest BCUT2D eigenvalue weighted by atomic mass is 10.1. The fourth-order valence-corrected chi connectivity index (χ4v) is 1.65. The van der Waals surface area contributed by atoms with E-state index in [1.165, 1.54) is 14.7 Å². The molecule has 2 heteroatoms. The van der Waals surface area contributed by atoms with E-state index in [2.05, 4.69) is 47.7 Å². The van der Waals surface area contributed by atoms with Crippen molar-refractivity contribution in [1.82, 2.24) is 0 Å². The first kappa shape index (κ1) is 9.99. The highest BCUT2D eigenvalue weighted by Gasteiger charge is 1.96. The highest BCUT2D eigenvalue weighted by Crippen LogP contribution is 2.14. The van der Waals surface area contributed by atoms with Crippen molar-refractivity contribution in [3.63, 3.8) is 0 Å². The molecule has 0 spiro atoms. The summed E-state index contributed by atoms with van der Waals surface area (Å²) < 4.78 is 1.31. The lowest BCUT2D eigenvalue weighted by Crippen LogP contribution is -1.91. The molecule has 1 aromatic rings. The zero-order valence-corrected chi connectivity index (χ0v) is 9.34. The SMILES string of the molecule is Cc1ccc(CCCO)cc1I. The second-order valence-electron chi connectivity index (χ2n) is 2.91. The average molecular weight is 276 g/mol. The fourth-order valence-electron chi connectivity index (χ4n) is 1.08. The van der Waals surface area contributed by atoms with Gasteiger partial charge in [-0.05, 0) is 59.5 Å². The molecule has 0 aliphatic heterocycles. The first-order valence-corrected chi connectivity index (χ1v) is 5.18. The summed E-state index contributed by atoms with van der Waals surface area (Å²) in [4.78, 5) is 0. The molecule has 0 aliphatic rings. The quantitative estimate of drug-likeness (QED) is 0.841. The number of aliphatic hydroxyl groups excluding tert-OH is 1. The van der Waals surface area contributed by atoms with Crippen LogP contribution in [0.2, 0.25) is 0 Å². The van der Waals surface area contributed by atoms with Gasteiger partial charge in [-0.1, -0.05) is 12.1 Å². The van der Waals surface area contributed by atoms with Gasteiger partial charge in [0.15, 0.2) is 0 Å². The van der Waals surface area contributed by atoms with Crippen molar-refractivity contribution >= 4 is 22.6 Å². The van der Waals surface area contributed by atoms with E-state index in [1.807, 2.05) is 0 Å². The number of hydrogen-bond donors (Lipinski definition) is 1.